The molecule has 2 amide bonds. The fourth-order valence-corrected chi connectivity index (χ4v) is 2.57. The van der Waals surface area contributed by atoms with Crippen LogP contribution in [0.25, 0.3) is 0 Å². The summed E-state index contributed by atoms with van der Waals surface area (Å²) in [5, 5.41) is 19.2. The molecule has 1 saturated heterocycles. The van der Waals surface area contributed by atoms with Gasteiger partial charge in [-0.25, -0.2) is 9.59 Å². The van der Waals surface area contributed by atoms with Gasteiger partial charge in [-0.15, -0.1) is 0 Å². The standard InChI is InChI=1S/C14H26N2O4/c1-5-15(9-14(3,4)20)13(19)16-7-6-10(2)8-11(16)12(17)18/h10-11,20H,5-9H2,1-4H3,(H,17,18). The van der Waals surface area contributed by atoms with E-state index >= 15 is 0 Å². The van der Waals surface area contributed by atoms with Crippen LogP contribution in [0.3, 0.4) is 0 Å². The average Bonchev–Trinajstić information content (AvgIpc) is 2.33. The SMILES string of the molecule is CCN(CC(C)(C)O)C(=O)N1CCC(C)CC1C(=O)O. The predicted molar refractivity (Wildman–Crippen MR) is 75.5 cm³/mol. The zero-order valence-electron chi connectivity index (χ0n) is 12.8. The fraction of sp³-hybridized carbons (Fsp3) is 0.857. The van der Waals surface area contributed by atoms with E-state index in [1.807, 2.05) is 13.8 Å². The van der Waals surface area contributed by atoms with E-state index in [2.05, 4.69) is 0 Å². The molecule has 116 valence electrons. The van der Waals surface area contributed by atoms with Gasteiger partial charge < -0.3 is 20.0 Å². The summed E-state index contributed by atoms with van der Waals surface area (Å²) in [4.78, 5) is 26.8. The van der Waals surface area contributed by atoms with Gasteiger partial charge in [0, 0.05) is 13.1 Å². The van der Waals surface area contributed by atoms with Crippen molar-refractivity contribution in [3.63, 3.8) is 0 Å². The molecule has 1 aliphatic rings. The van der Waals surface area contributed by atoms with Crippen molar-refractivity contribution in [1.82, 2.24) is 9.80 Å². The minimum atomic E-state index is -0.993. The van der Waals surface area contributed by atoms with Gasteiger partial charge in [0.1, 0.15) is 6.04 Å². The van der Waals surface area contributed by atoms with E-state index in [-0.39, 0.29) is 12.6 Å². The molecule has 1 aliphatic heterocycles. The van der Waals surface area contributed by atoms with Crippen molar-refractivity contribution in [2.45, 2.75) is 52.2 Å². The van der Waals surface area contributed by atoms with E-state index in [0.29, 0.717) is 25.4 Å². The first-order valence-corrected chi connectivity index (χ1v) is 7.16. The number of likely N-dealkylation sites (tertiary alicyclic amines) is 1. The van der Waals surface area contributed by atoms with Gasteiger partial charge in [0.05, 0.1) is 12.1 Å². The Morgan fingerprint density at radius 3 is 2.45 bits per heavy atom. The molecular weight excluding hydrogens is 260 g/mol. The van der Waals surface area contributed by atoms with Crippen LogP contribution in [0, 0.1) is 5.92 Å². The van der Waals surface area contributed by atoms with Crippen molar-refractivity contribution in [2.75, 3.05) is 19.6 Å². The first-order valence-electron chi connectivity index (χ1n) is 7.16. The minimum absolute atomic E-state index is 0.195. The molecule has 1 heterocycles. The maximum absolute atomic E-state index is 12.5. The number of carboxylic acids is 1. The van der Waals surface area contributed by atoms with Crippen LogP contribution in [0.5, 0.6) is 0 Å². The van der Waals surface area contributed by atoms with Crippen molar-refractivity contribution in [1.29, 1.82) is 0 Å². The lowest BCUT2D eigenvalue weighted by molar-refractivity contribution is -0.144. The molecule has 2 unspecified atom stereocenters. The number of carbonyl (C=O) groups is 2. The van der Waals surface area contributed by atoms with Crippen LogP contribution >= 0.6 is 0 Å². The second kappa shape index (κ2) is 6.43. The number of hydrogen-bond acceptors (Lipinski definition) is 3. The summed E-state index contributed by atoms with van der Waals surface area (Å²) < 4.78 is 0. The van der Waals surface area contributed by atoms with Crippen LogP contribution in [-0.4, -0.2) is 63.3 Å². The highest BCUT2D eigenvalue weighted by molar-refractivity contribution is 5.83. The Bertz CT molecular complexity index is 365. The lowest BCUT2D eigenvalue weighted by Crippen LogP contribution is -2.56. The molecule has 1 fully saturated rings. The zero-order valence-corrected chi connectivity index (χ0v) is 12.8. The molecule has 0 spiro atoms. The average molecular weight is 286 g/mol. The van der Waals surface area contributed by atoms with Gasteiger partial charge in [0.2, 0.25) is 0 Å². The third kappa shape index (κ3) is 4.37. The number of rotatable bonds is 4. The molecule has 20 heavy (non-hydrogen) atoms. The van der Waals surface area contributed by atoms with E-state index in [9.17, 15) is 19.8 Å². The van der Waals surface area contributed by atoms with Crippen LogP contribution < -0.4 is 0 Å². The third-order valence-electron chi connectivity index (χ3n) is 3.63. The van der Waals surface area contributed by atoms with Crippen molar-refractivity contribution >= 4 is 12.0 Å². The Hall–Kier alpha value is -1.30. The molecule has 6 nitrogen and oxygen atoms in total. The predicted octanol–water partition coefficient (Wildman–Crippen LogP) is 1.38. The number of piperidine rings is 1. The van der Waals surface area contributed by atoms with Gasteiger partial charge in [-0.2, -0.15) is 0 Å². The lowest BCUT2D eigenvalue weighted by atomic mass is 9.92. The van der Waals surface area contributed by atoms with Gasteiger partial charge >= 0.3 is 12.0 Å². The highest BCUT2D eigenvalue weighted by atomic mass is 16.4. The summed E-state index contributed by atoms with van der Waals surface area (Å²) >= 11 is 0. The first-order chi connectivity index (χ1) is 9.15. The number of aliphatic hydroxyl groups is 1. The summed E-state index contributed by atoms with van der Waals surface area (Å²) in [7, 11) is 0. The van der Waals surface area contributed by atoms with Crippen LogP contribution in [0.4, 0.5) is 4.79 Å². The number of aliphatic carboxylic acids is 1. The largest absolute Gasteiger partial charge is 0.480 e. The normalized spacial score (nSPS) is 23.6. The highest BCUT2D eigenvalue weighted by Gasteiger charge is 2.37. The number of amides is 2. The van der Waals surface area contributed by atoms with Crippen molar-refractivity contribution in [3.8, 4) is 0 Å². The molecule has 0 aromatic carbocycles. The fourth-order valence-electron chi connectivity index (χ4n) is 2.57. The Morgan fingerprint density at radius 1 is 1.40 bits per heavy atom. The number of carboxylic acid groups (broad SMARTS) is 1. The number of nitrogens with zero attached hydrogens (tertiary/aromatic N) is 2. The second-order valence-corrected chi connectivity index (χ2v) is 6.29. The molecule has 0 aromatic rings. The van der Waals surface area contributed by atoms with Gasteiger partial charge in [0.15, 0.2) is 0 Å². The lowest BCUT2D eigenvalue weighted by Gasteiger charge is -2.40. The second-order valence-electron chi connectivity index (χ2n) is 6.29. The minimum Gasteiger partial charge on any atom is -0.480 e. The summed E-state index contributed by atoms with van der Waals surface area (Å²) in [6.45, 7) is 8.20. The third-order valence-corrected chi connectivity index (χ3v) is 3.63. The topological polar surface area (TPSA) is 81.1 Å². The Labute approximate surface area is 120 Å². The first kappa shape index (κ1) is 16.8. The van der Waals surface area contributed by atoms with Gasteiger partial charge in [-0.1, -0.05) is 6.92 Å². The molecule has 0 aromatic heterocycles. The molecule has 0 saturated carbocycles. The number of likely N-dealkylation sites (N-methyl/N-ethyl adjacent to an activating group) is 1. The molecule has 1 rings (SSSR count). The summed E-state index contributed by atoms with van der Waals surface area (Å²) in [6, 6.07) is -1.06. The Balaban J connectivity index is 2.84. The van der Waals surface area contributed by atoms with E-state index in [1.165, 1.54) is 9.80 Å². The van der Waals surface area contributed by atoms with Crippen LogP contribution in [0.1, 0.15) is 40.5 Å². The van der Waals surface area contributed by atoms with Crippen molar-refractivity contribution < 1.29 is 19.8 Å². The molecular formula is C14H26N2O4. The smallest absolute Gasteiger partial charge is 0.326 e. The van der Waals surface area contributed by atoms with Crippen molar-refractivity contribution in [3.05, 3.63) is 0 Å². The molecule has 6 heteroatoms. The summed E-state index contributed by atoms with van der Waals surface area (Å²) in [5.74, 6) is -0.645. The Morgan fingerprint density at radius 2 is 2.00 bits per heavy atom. The Kier molecular flexibility index (Phi) is 5.39. The molecule has 0 aliphatic carbocycles. The van der Waals surface area contributed by atoms with E-state index < -0.39 is 17.6 Å². The molecule has 0 bridgehead atoms. The van der Waals surface area contributed by atoms with Crippen LogP contribution in [0.15, 0.2) is 0 Å². The maximum atomic E-state index is 12.5. The quantitative estimate of drug-likeness (QED) is 0.818. The van der Waals surface area contributed by atoms with Crippen LogP contribution in [0.2, 0.25) is 0 Å². The maximum Gasteiger partial charge on any atom is 0.326 e. The zero-order chi connectivity index (χ0) is 15.5. The number of urea groups is 1. The molecule has 2 N–H and O–H groups in total. The van der Waals surface area contributed by atoms with Gasteiger partial charge in [-0.3, -0.25) is 0 Å². The van der Waals surface area contributed by atoms with E-state index in [1.54, 1.807) is 13.8 Å². The molecule has 0 radical (unpaired) electrons. The molecule has 2 atom stereocenters. The monoisotopic (exact) mass is 286 g/mol. The van der Waals surface area contributed by atoms with Gasteiger partial charge in [0.25, 0.3) is 0 Å². The highest BCUT2D eigenvalue weighted by Crippen LogP contribution is 2.24. The number of hydrogen-bond donors (Lipinski definition) is 2. The van der Waals surface area contributed by atoms with Crippen LogP contribution in [-0.2, 0) is 4.79 Å². The summed E-state index contributed by atoms with van der Waals surface area (Å²) in [5.41, 5.74) is -0.993. The van der Waals surface area contributed by atoms with Crippen molar-refractivity contribution in [2.24, 2.45) is 5.92 Å². The number of carbonyl (C=O) groups excluding carboxylic acids is 1. The van der Waals surface area contributed by atoms with E-state index in [0.717, 1.165) is 6.42 Å². The summed E-state index contributed by atoms with van der Waals surface area (Å²) in [6.07, 6.45) is 1.30. The van der Waals surface area contributed by atoms with Gasteiger partial charge in [-0.05, 0) is 39.5 Å². The van der Waals surface area contributed by atoms with E-state index in [4.69, 9.17) is 0 Å².